The van der Waals surface area contributed by atoms with Crippen LogP contribution < -0.4 is 20.3 Å². The topological polar surface area (TPSA) is 173 Å². The highest BCUT2D eigenvalue weighted by molar-refractivity contribution is 5.86. The molecule has 14 heteroatoms. The predicted molar refractivity (Wildman–Crippen MR) is 156 cm³/mol. The monoisotopic (exact) mass is 595 g/mol. The number of hydrogen-bond donors (Lipinski definition) is 4. The second kappa shape index (κ2) is 13.2. The fraction of sp³-hybridized carbons (Fsp3) is 0.483. The van der Waals surface area contributed by atoms with E-state index in [9.17, 15) is 19.8 Å². The van der Waals surface area contributed by atoms with Crippen LogP contribution in [0.4, 0.5) is 10.6 Å². The molecule has 1 aliphatic heterocycles. The third-order valence-electron chi connectivity index (χ3n) is 6.59. The molecule has 3 aromatic rings. The Morgan fingerprint density at radius 2 is 1.93 bits per heavy atom. The van der Waals surface area contributed by atoms with Crippen LogP contribution in [0.25, 0.3) is 11.2 Å². The number of anilines is 1. The van der Waals surface area contributed by atoms with E-state index in [4.69, 9.17) is 20.6 Å². The maximum Gasteiger partial charge on any atom is 0.408 e. The molecule has 0 spiro atoms. The Bertz CT molecular complexity index is 1460. The molecule has 230 valence electrons. The van der Waals surface area contributed by atoms with Crippen molar-refractivity contribution in [3.8, 4) is 18.1 Å². The molecule has 5 atom stereocenters. The molecule has 0 bridgehead atoms. The Morgan fingerprint density at radius 1 is 1.21 bits per heavy atom. The van der Waals surface area contributed by atoms with Crippen LogP contribution in [0, 0.1) is 12.3 Å². The molecular formula is C29H37N7O7. The van der Waals surface area contributed by atoms with Gasteiger partial charge in [0.2, 0.25) is 5.91 Å². The van der Waals surface area contributed by atoms with Crippen molar-refractivity contribution in [2.24, 2.45) is 0 Å². The molecule has 1 unspecified atom stereocenters. The normalized spacial score (nSPS) is 20.7. The van der Waals surface area contributed by atoms with Gasteiger partial charge in [-0.15, -0.1) is 6.42 Å². The van der Waals surface area contributed by atoms with Crippen LogP contribution in [0.2, 0.25) is 0 Å². The number of terminal acetylenes is 1. The Morgan fingerprint density at radius 3 is 2.56 bits per heavy atom. The lowest BCUT2D eigenvalue weighted by Crippen LogP contribution is -2.56. The maximum absolute atomic E-state index is 13.6. The summed E-state index contributed by atoms with van der Waals surface area (Å²) in [7, 11) is 3.64. The Labute approximate surface area is 249 Å². The highest BCUT2D eigenvalue weighted by Gasteiger charge is 2.46. The van der Waals surface area contributed by atoms with Crippen molar-refractivity contribution in [3.05, 3.63) is 42.5 Å². The molecule has 4 rings (SSSR count). The van der Waals surface area contributed by atoms with E-state index in [0.717, 1.165) is 0 Å². The van der Waals surface area contributed by atoms with E-state index < -0.39 is 54.7 Å². The zero-order valence-corrected chi connectivity index (χ0v) is 24.7. The number of carbonyl (C=O) groups excluding carboxylic acids is 2. The van der Waals surface area contributed by atoms with Crippen LogP contribution >= 0.6 is 0 Å². The fourth-order valence-electron chi connectivity index (χ4n) is 4.67. The van der Waals surface area contributed by atoms with E-state index in [2.05, 4.69) is 31.5 Å². The van der Waals surface area contributed by atoms with E-state index in [0.29, 0.717) is 28.3 Å². The molecule has 2 amide bonds. The third kappa shape index (κ3) is 7.50. The van der Waals surface area contributed by atoms with Gasteiger partial charge < -0.3 is 40.0 Å². The number of aliphatic hydroxyl groups is 2. The van der Waals surface area contributed by atoms with Gasteiger partial charge in [-0.1, -0.05) is 18.1 Å². The van der Waals surface area contributed by atoms with Crippen LogP contribution in [0.3, 0.4) is 0 Å². The molecule has 1 saturated heterocycles. The molecule has 1 aromatic carbocycles. The minimum atomic E-state index is -1.30. The van der Waals surface area contributed by atoms with Crippen molar-refractivity contribution < 1.29 is 34.0 Å². The van der Waals surface area contributed by atoms with Gasteiger partial charge in [-0.05, 0) is 38.5 Å². The molecular weight excluding hydrogens is 558 g/mol. The van der Waals surface area contributed by atoms with E-state index in [1.807, 2.05) is 14.1 Å². The highest BCUT2D eigenvalue weighted by atomic mass is 16.6. The first-order valence-corrected chi connectivity index (χ1v) is 13.7. The average Bonchev–Trinajstić information content (AvgIpc) is 3.51. The SMILES string of the molecule is C#CCOc1ccc(C[C@H](NC(=O)OC(C)(C)C)C(=O)NC2[C@@H](CO)O[C@@H](n3cnc4c(N(C)C)ncnc43)[C@H]2O)cc1. The molecule has 3 heterocycles. The minimum absolute atomic E-state index is 0.0910. The molecule has 2 aromatic heterocycles. The van der Waals surface area contributed by atoms with Crippen LogP contribution in [0.15, 0.2) is 36.9 Å². The van der Waals surface area contributed by atoms with Gasteiger partial charge in [0.15, 0.2) is 23.2 Å². The number of ether oxygens (including phenoxy) is 3. The summed E-state index contributed by atoms with van der Waals surface area (Å²) in [6.07, 6.45) is 4.09. The smallest absolute Gasteiger partial charge is 0.408 e. The number of alkyl carbamates (subject to hydrolysis) is 1. The number of aromatic nitrogens is 4. The number of hydrogen-bond acceptors (Lipinski definition) is 11. The number of rotatable bonds is 10. The molecule has 43 heavy (non-hydrogen) atoms. The van der Waals surface area contributed by atoms with Gasteiger partial charge in [0.1, 0.15) is 42.5 Å². The van der Waals surface area contributed by atoms with Gasteiger partial charge in [-0.2, -0.15) is 0 Å². The van der Waals surface area contributed by atoms with E-state index in [1.54, 1.807) is 49.9 Å². The summed E-state index contributed by atoms with van der Waals surface area (Å²) >= 11 is 0. The van der Waals surface area contributed by atoms with Crippen LogP contribution in [-0.2, 0) is 20.7 Å². The van der Waals surface area contributed by atoms with Gasteiger partial charge in [0.05, 0.1) is 19.0 Å². The van der Waals surface area contributed by atoms with Crippen LogP contribution in [0.5, 0.6) is 5.75 Å². The van der Waals surface area contributed by atoms with Crippen molar-refractivity contribution in [2.75, 3.05) is 32.2 Å². The van der Waals surface area contributed by atoms with Crippen molar-refractivity contribution in [1.82, 2.24) is 30.2 Å². The largest absolute Gasteiger partial charge is 0.481 e. The lowest BCUT2D eigenvalue weighted by molar-refractivity contribution is -0.125. The second-order valence-electron chi connectivity index (χ2n) is 11.2. The summed E-state index contributed by atoms with van der Waals surface area (Å²) in [6, 6.07) is 4.78. The number of amides is 2. The summed E-state index contributed by atoms with van der Waals surface area (Å²) in [5.41, 5.74) is 0.819. The van der Waals surface area contributed by atoms with E-state index in [-0.39, 0.29) is 13.0 Å². The lowest BCUT2D eigenvalue weighted by Gasteiger charge is -2.26. The predicted octanol–water partition coefficient (Wildman–Crippen LogP) is 0.776. The zero-order valence-electron chi connectivity index (χ0n) is 24.7. The van der Waals surface area contributed by atoms with Crippen molar-refractivity contribution in [1.29, 1.82) is 0 Å². The molecule has 0 aliphatic carbocycles. The quantitative estimate of drug-likeness (QED) is 0.244. The van der Waals surface area contributed by atoms with Gasteiger partial charge >= 0.3 is 6.09 Å². The molecule has 1 fully saturated rings. The Hall–Kier alpha value is -4.45. The van der Waals surface area contributed by atoms with Crippen molar-refractivity contribution in [2.45, 2.75) is 63.3 Å². The lowest BCUT2D eigenvalue weighted by atomic mass is 10.0. The third-order valence-corrected chi connectivity index (χ3v) is 6.59. The summed E-state index contributed by atoms with van der Waals surface area (Å²) in [5, 5.41) is 26.8. The van der Waals surface area contributed by atoms with Gasteiger partial charge in [0, 0.05) is 20.5 Å². The summed E-state index contributed by atoms with van der Waals surface area (Å²) in [5.74, 6) is 2.91. The summed E-state index contributed by atoms with van der Waals surface area (Å²) in [4.78, 5) is 41.0. The van der Waals surface area contributed by atoms with Crippen molar-refractivity contribution >= 4 is 29.0 Å². The first kappa shape index (κ1) is 31.5. The number of aliphatic hydroxyl groups excluding tert-OH is 2. The Kier molecular flexibility index (Phi) is 9.70. The maximum atomic E-state index is 13.6. The second-order valence-corrected chi connectivity index (χ2v) is 11.2. The Balaban J connectivity index is 1.55. The number of nitrogens with zero attached hydrogens (tertiary/aromatic N) is 5. The van der Waals surface area contributed by atoms with Crippen molar-refractivity contribution in [3.63, 3.8) is 0 Å². The highest BCUT2D eigenvalue weighted by Crippen LogP contribution is 2.32. The number of imidazole rings is 1. The molecule has 0 saturated carbocycles. The first-order valence-electron chi connectivity index (χ1n) is 13.7. The zero-order chi connectivity index (χ0) is 31.3. The van der Waals surface area contributed by atoms with Crippen LogP contribution in [-0.4, -0.2) is 98.9 Å². The van der Waals surface area contributed by atoms with Gasteiger partial charge in [-0.3, -0.25) is 9.36 Å². The molecule has 0 radical (unpaired) electrons. The van der Waals surface area contributed by atoms with Crippen LogP contribution in [0.1, 0.15) is 32.6 Å². The first-order chi connectivity index (χ1) is 20.4. The minimum Gasteiger partial charge on any atom is -0.481 e. The fourth-order valence-corrected chi connectivity index (χ4v) is 4.67. The van der Waals surface area contributed by atoms with E-state index >= 15 is 0 Å². The average molecular weight is 596 g/mol. The summed E-state index contributed by atoms with van der Waals surface area (Å²) in [6.45, 7) is 4.75. The van der Waals surface area contributed by atoms with Gasteiger partial charge in [-0.25, -0.2) is 19.7 Å². The molecule has 4 N–H and O–H groups in total. The number of carbonyl (C=O) groups is 2. The van der Waals surface area contributed by atoms with E-state index in [1.165, 1.54) is 17.2 Å². The number of benzene rings is 1. The number of fused-ring (bicyclic) bond motifs is 1. The summed E-state index contributed by atoms with van der Waals surface area (Å²) < 4.78 is 18.3. The molecule has 14 nitrogen and oxygen atoms in total. The standard InChI is InChI=1S/C29H37N7O7/c1-7-12-41-18-10-8-17(9-11-18)13-19(33-28(40)43-29(2,3)4)26(39)34-21-20(14-37)42-27(23(21)38)36-16-32-22-24(35(5)6)30-15-31-25(22)36/h1,8-11,15-16,19-21,23,27,37-38H,12-14H2,2-6H3,(H,33,40)(H,34,39)/t19-,20+,21?,23-,27+/m0/s1. The molecule has 1 aliphatic rings. The number of nitrogens with one attached hydrogen (secondary N) is 2. The van der Waals surface area contributed by atoms with Gasteiger partial charge in [0.25, 0.3) is 0 Å².